The van der Waals surface area contributed by atoms with Crippen molar-refractivity contribution in [2.75, 3.05) is 0 Å². The van der Waals surface area contributed by atoms with Gasteiger partial charge >= 0.3 is 5.69 Å². The van der Waals surface area contributed by atoms with E-state index in [0.717, 1.165) is 0 Å². The van der Waals surface area contributed by atoms with E-state index in [0.29, 0.717) is 0 Å². The fraction of sp³-hybridized carbons (Fsp3) is 0. The third-order valence-corrected chi connectivity index (χ3v) is 11.8. The number of fused-ring (bicyclic) bond motifs is 4. The van der Waals surface area contributed by atoms with Gasteiger partial charge in [0, 0.05) is 66.6 Å². The minimum atomic E-state index is -3.63. The van der Waals surface area contributed by atoms with Gasteiger partial charge in [0.25, 0.3) is 0 Å². The number of diazo groups is 1. The first kappa shape index (κ1) is 52.3. The van der Waals surface area contributed by atoms with E-state index in [-0.39, 0.29) is 0 Å². The van der Waals surface area contributed by atoms with Crippen LogP contribution in [0.3, 0.4) is 0 Å². The monoisotopic (exact) mass is 1110 g/mol. The molecule has 0 N–H and O–H groups in total. The number of rotatable bonds is 4. The number of nitrogens with zero attached hydrogens (tertiary/aromatic N) is 2. The summed E-state index contributed by atoms with van der Waals surface area (Å²) in [5.41, 5.74) is -26.7. The maximum Gasteiger partial charge on any atom is 0.394 e. The summed E-state index contributed by atoms with van der Waals surface area (Å²) in [5, 5.41) is -12.6. The molecular weight excluding hydrogens is 1110 g/mol. The van der Waals surface area contributed by atoms with Crippen LogP contribution in [0, 0.1) is 168 Å². The quantitative estimate of drug-likeness (QED) is 0.0747. The van der Waals surface area contributed by atoms with Gasteiger partial charge in [0.2, 0.25) is 5.39 Å². The summed E-state index contributed by atoms with van der Waals surface area (Å²) in [7, 11) is 0. The Labute approximate surface area is 395 Å². The topological polar surface area (TPSA) is 28.1 Å². The Balaban J connectivity index is 1.84. The average Bonchev–Trinajstić information content (AvgIpc) is 3.39. The molecule has 0 radical (unpaired) electrons. The molecule has 0 heterocycles. The Kier molecular flexibility index (Phi) is 11.9. The van der Waals surface area contributed by atoms with E-state index < -0.39 is 262 Å². The molecule has 0 aromatic heterocycles. The van der Waals surface area contributed by atoms with Crippen LogP contribution in [0.15, 0.2) is 6.07 Å². The first-order valence-electron chi connectivity index (χ1n) is 19.3. The van der Waals surface area contributed by atoms with Crippen LogP contribution in [0.2, 0.25) is 0 Å². The van der Waals surface area contributed by atoms with Gasteiger partial charge in [-0.3, -0.25) is 0 Å². The summed E-state index contributed by atoms with van der Waals surface area (Å²) in [6.07, 6.45) is 0. The Bertz CT molecular complexity index is 4300. The molecule has 0 bridgehead atoms. The molecule has 0 spiro atoms. The maximum atomic E-state index is 17.1. The Morgan fingerprint density at radius 1 is 0.184 bits per heavy atom. The molecular formula is C46HF28N2+. The zero-order valence-electron chi connectivity index (χ0n) is 34.6. The highest BCUT2D eigenvalue weighted by molar-refractivity contribution is 6.19. The zero-order valence-corrected chi connectivity index (χ0v) is 34.6. The van der Waals surface area contributed by atoms with Crippen LogP contribution in [0.25, 0.3) is 92.6 Å². The third-order valence-electron chi connectivity index (χ3n) is 11.8. The van der Waals surface area contributed by atoms with Gasteiger partial charge < -0.3 is 0 Å². The highest BCUT2D eigenvalue weighted by Crippen LogP contribution is 2.59. The fourth-order valence-corrected chi connectivity index (χ4v) is 8.66. The van der Waals surface area contributed by atoms with Crippen molar-refractivity contribution in [3.63, 3.8) is 0 Å². The van der Waals surface area contributed by atoms with Crippen molar-refractivity contribution in [2.45, 2.75) is 0 Å². The van der Waals surface area contributed by atoms with Gasteiger partial charge in [0.1, 0.15) is 0 Å². The van der Waals surface area contributed by atoms with Gasteiger partial charge in [0.15, 0.2) is 168 Å². The van der Waals surface area contributed by atoms with E-state index in [9.17, 15) is 23.0 Å². The van der Waals surface area contributed by atoms with Crippen molar-refractivity contribution < 1.29 is 123 Å². The van der Waals surface area contributed by atoms with Gasteiger partial charge in [0.05, 0.1) is 27.1 Å². The van der Waals surface area contributed by atoms with E-state index in [1.165, 1.54) is 0 Å². The van der Waals surface area contributed by atoms with Crippen molar-refractivity contribution in [3.05, 3.63) is 174 Å². The number of benzene rings is 9. The smallest absolute Gasteiger partial charge is 0.203 e. The van der Waals surface area contributed by atoms with Gasteiger partial charge in [-0.05, 0) is 0 Å². The highest BCUT2D eigenvalue weighted by Gasteiger charge is 2.44. The second kappa shape index (κ2) is 17.3. The molecule has 0 aliphatic heterocycles. The normalized spacial score (nSPS) is 11.9. The lowest BCUT2D eigenvalue weighted by Gasteiger charge is -2.25. The summed E-state index contributed by atoms with van der Waals surface area (Å²) in [6.45, 7) is 0. The van der Waals surface area contributed by atoms with Gasteiger partial charge in [-0.15, -0.1) is 0 Å². The Morgan fingerprint density at radius 2 is 0.368 bits per heavy atom. The molecule has 0 aliphatic rings. The molecule has 0 atom stereocenters. The molecule has 9 rings (SSSR count). The van der Waals surface area contributed by atoms with Crippen molar-refractivity contribution in [2.24, 2.45) is 0 Å². The largest absolute Gasteiger partial charge is 0.394 e. The molecule has 30 heteroatoms. The van der Waals surface area contributed by atoms with Crippen molar-refractivity contribution in [1.82, 2.24) is 0 Å². The number of halogens is 28. The Hall–Kier alpha value is -8.52. The minimum absolute atomic E-state index is 0.833. The number of hydrogen-bond donors (Lipinski definition) is 0. The molecule has 0 saturated carbocycles. The van der Waals surface area contributed by atoms with Crippen LogP contribution >= 0.6 is 0 Å². The fourth-order valence-electron chi connectivity index (χ4n) is 8.66. The molecule has 2 nitrogen and oxygen atoms in total. The lowest BCUT2D eigenvalue weighted by molar-refractivity contribution is 0.410. The van der Waals surface area contributed by atoms with Crippen molar-refractivity contribution in [1.29, 1.82) is 5.39 Å². The molecule has 0 amide bonds. The SMILES string of the molecule is N#[N+]c1cc(-c2c(F)c(F)c(F)c3c(F)c(F)c(F)c(F)c23)c(-c2c(F)c(F)c(F)c3c(F)c(F)c(F)c(F)c23)c(-c2c(F)c(F)c(F)c3c(F)c(F)c(F)c(F)c23)c1-c1c(F)c(F)c(F)c2c(F)c(F)c(F)c(F)c12. The van der Waals surface area contributed by atoms with Crippen molar-refractivity contribution >= 4 is 48.8 Å². The molecule has 0 unspecified atom stereocenters. The van der Waals surface area contributed by atoms with Gasteiger partial charge in [-0.2, -0.15) is 0 Å². The molecule has 9 aromatic carbocycles. The first-order valence-corrected chi connectivity index (χ1v) is 19.3. The van der Waals surface area contributed by atoms with Crippen LogP contribution in [-0.2, 0) is 0 Å². The standard InChI is InChI=1S/C46HF28N2/c47-19-5(9-15(27(55)35(19)63)31(59)43(71)39(67)21(9)49)2-1-3(76-75)6(10-13-17(29(57)37(65)22(10)50)33(61)45(73)41(69)25(13)53)7(11-14-18(30(58)38(66)23(11)51)34(62)46(74)42(70)26(14)54)4(2)8-12-16(28(56)36(64)20(8)48)32(60)44(72)40(68)24(12)52/h1H/q+1. The molecule has 390 valence electrons. The van der Waals surface area contributed by atoms with Crippen LogP contribution in [0.5, 0.6) is 0 Å². The van der Waals surface area contributed by atoms with Crippen LogP contribution < -0.4 is 0 Å². The summed E-state index contributed by atoms with van der Waals surface area (Å²) >= 11 is 0. The van der Waals surface area contributed by atoms with Crippen molar-refractivity contribution in [3.8, 4) is 44.5 Å². The second-order valence-corrected chi connectivity index (χ2v) is 15.5. The summed E-state index contributed by atoms with van der Waals surface area (Å²) in [5.74, 6) is -94.3. The summed E-state index contributed by atoms with van der Waals surface area (Å²) in [4.78, 5) is 2.24. The summed E-state index contributed by atoms with van der Waals surface area (Å²) < 4.78 is 442. The lowest BCUT2D eigenvalue weighted by atomic mass is 9.77. The van der Waals surface area contributed by atoms with E-state index in [2.05, 4.69) is 4.98 Å². The van der Waals surface area contributed by atoms with Gasteiger partial charge in [-0.1, -0.05) is 0 Å². The molecule has 0 fully saturated rings. The van der Waals surface area contributed by atoms with Crippen LogP contribution in [-0.4, -0.2) is 0 Å². The summed E-state index contributed by atoms with van der Waals surface area (Å²) in [6, 6.07) is -0.833. The van der Waals surface area contributed by atoms with E-state index in [1.807, 2.05) is 0 Å². The Morgan fingerprint density at radius 3 is 0.618 bits per heavy atom. The molecule has 76 heavy (non-hydrogen) atoms. The predicted octanol–water partition coefficient (Wildman–Crippen LogP) is 17.3. The first-order chi connectivity index (χ1) is 35.4. The van der Waals surface area contributed by atoms with Gasteiger partial charge in [-0.25, -0.2) is 123 Å². The second-order valence-electron chi connectivity index (χ2n) is 15.5. The van der Waals surface area contributed by atoms with Crippen LogP contribution in [0.1, 0.15) is 0 Å². The molecule has 0 saturated heterocycles. The molecule has 0 aliphatic carbocycles. The minimum Gasteiger partial charge on any atom is -0.203 e. The van der Waals surface area contributed by atoms with E-state index in [4.69, 9.17) is 0 Å². The highest BCUT2D eigenvalue weighted by atomic mass is 19.2. The van der Waals surface area contributed by atoms with Crippen LogP contribution in [0.4, 0.5) is 129 Å². The molecule has 9 aromatic rings. The number of hydrogen-bond acceptors (Lipinski definition) is 1. The zero-order chi connectivity index (χ0) is 56.4. The average molecular weight is 1110 g/mol. The third kappa shape index (κ3) is 6.45. The maximum absolute atomic E-state index is 17.1. The lowest BCUT2D eigenvalue weighted by Crippen LogP contribution is -2.12. The predicted molar refractivity (Wildman–Crippen MR) is 202 cm³/mol. The van der Waals surface area contributed by atoms with E-state index in [1.54, 1.807) is 0 Å². The van der Waals surface area contributed by atoms with E-state index >= 15 is 105 Å².